The fourth-order valence-electron chi connectivity index (χ4n) is 4.96. The monoisotopic (exact) mass is 656 g/mol. The number of urea groups is 1. The zero-order chi connectivity index (χ0) is 32.6. The first-order chi connectivity index (χ1) is 21.8. The number of nitrogens with zero attached hydrogens (tertiary/aromatic N) is 5. The molecule has 15 heteroatoms. The van der Waals surface area contributed by atoms with Crippen molar-refractivity contribution in [3.8, 4) is 11.4 Å². The van der Waals surface area contributed by atoms with Crippen LogP contribution < -0.4 is 15.0 Å². The lowest BCUT2D eigenvalue weighted by Gasteiger charge is -2.20. The number of halogens is 5. The van der Waals surface area contributed by atoms with Gasteiger partial charge in [-0.15, -0.1) is 13.2 Å². The summed E-state index contributed by atoms with van der Waals surface area (Å²) in [6.45, 7) is 1.80. The van der Waals surface area contributed by atoms with Gasteiger partial charge in [-0.3, -0.25) is 9.69 Å². The third-order valence-electron chi connectivity index (χ3n) is 7.31. The van der Waals surface area contributed by atoms with Crippen molar-refractivity contribution >= 4 is 40.2 Å². The minimum atomic E-state index is -4.77. The van der Waals surface area contributed by atoms with E-state index in [1.54, 1.807) is 37.3 Å². The van der Waals surface area contributed by atoms with E-state index >= 15 is 0 Å². The predicted octanol–water partition coefficient (Wildman–Crippen LogP) is 7.05. The van der Waals surface area contributed by atoms with E-state index in [0.717, 1.165) is 22.9 Å². The number of rotatable bonds is 8. The summed E-state index contributed by atoms with van der Waals surface area (Å²) in [5, 5.41) is 7.16. The minimum absolute atomic E-state index is 0.0333. The van der Waals surface area contributed by atoms with Crippen LogP contribution in [0.5, 0.6) is 5.75 Å². The van der Waals surface area contributed by atoms with Gasteiger partial charge in [0.2, 0.25) is 5.91 Å². The summed E-state index contributed by atoms with van der Waals surface area (Å²) in [6, 6.07) is 16.6. The van der Waals surface area contributed by atoms with Crippen molar-refractivity contribution < 1.29 is 36.3 Å². The van der Waals surface area contributed by atoms with Crippen molar-refractivity contribution in [2.45, 2.75) is 44.4 Å². The minimum Gasteiger partial charge on any atom is -0.406 e. The Bertz CT molecular complexity index is 1810. The third kappa shape index (κ3) is 7.19. The molecule has 2 aliphatic rings. The largest absolute Gasteiger partial charge is 0.573 e. The van der Waals surface area contributed by atoms with E-state index in [9.17, 15) is 31.5 Å². The van der Waals surface area contributed by atoms with Gasteiger partial charge in [0.1, 0.15) is 12.1 Å². The van der Waals surface area contributed by atoms with Crippen LogP contribution in [0.2, 0.25) is 0 Å². The molecule has 3 amide bonds. The molecule has 0 spiro atoms. The van der Waals surface area contributed by atoms with Crippen LogP contribution >= 0.6 is 11.8 Å². The van der Waals surface area contributed by atoms with Gasteiger partial charge >= 0.3 is 12.4 Å². The van der Waals surface area contributed by atoms with E-state index in [1.165, 1.54) is 40.2 Å². The van der Waals surface area contributed by atoms with Gasteiger partial charge in [0.15, 0.2) is 11.0 Å². The normalized spacial score (nSPS) is 18.2. The maximum absolute atomic E-state index is 13.9. The molecule has 46 heavy (non-hydrogen) atoms. The Balaban J connectivity index is 1.06. The SMILES string of the molecule is Cc1ccc(C2CC2(F)F)c(N2C(=O)CS/C2=N\C(=O)Nc2ccc(CCc3ncn(-c4ccc(OC(F)(F)F)cc4)n3)cc2)c1. The zero-order valence-electron chi connectivity index (χ0n) is 24.1. The van der Waals surface area contributed by atoms with Gasteiger partial charge in [0.25, 0.3) is 5.92 Å². The number of nitrogens with one attached hydrogen (secondary N) is 1. The van der Waals surface area contributed by atoms with Crippen LogP contribution in [0.3, 0.4) is 0 Å². The van der Waals surface area contributed by atoms with Crippen LogP contribution in [0, 0.1) is 6.92 Å². The summed E-state index contributed by atoms with van der Waals surface area (Å²) in [6.07, 6.45) is -2.54. The molecule has 1 aliphatic heterocycles. The number of carbonyl (C=O) groups is 2. The molecule has 2 heterocycles. The van der Waals surface area contributed by atoms with Crippen LogP contribution in [0.4, 0.5) is 38.1 Å². The van der Waals surface area contributed by atoms with Gasteiger partial charge in [0, 0.05) is 18.5 Å². The molecular weight excluding hydrogens is 631 g/mol. The van der Waals surface area contributed by atoms with Crippen LogP contribution in [-0.2, 0) is 17.6 Å². The predicted molar refractivity (Wildman–Crippen MR) is 162 cm³/mol. The molecule has 238 valence electrons. The Morgan fingerprint density at radius 1 is 1.09 bits per heavy atom. The molecular formula is C31H25F5N6O3S. The van der Waals surface area contributed by atoms with E-state index in [-0.39, 0.29) is 29.0 Å². The summed E-state index contributed by atoms with van der Waals surface area (Å²) in [4.78, 5) is 35.2. The Morgan fingerprint density at radius 2 is 1.80 bits per heavy atom. The highest BCUT2D eigenvalue weighted by molar-refractivity contribution is 8.15. The lowest BCUT2D eigenvalue weighted by atomic mass is 10.0. The molecule has 1 aromatic heterocycles. The Morgan fingerprint density at radius 3 is 2.48 bits per heavy atom. The average Bonchev–Trinajstić information content (AvgIpc) is 3.29. The van der Waals surface area contributed by atoms with Gasteiger partial charge < -0.3 is 10.1 Å². The number of hydrogen-bond acceptors (Lipinski definition) is 6. The molecule has 1 atom stereocenters. The second kappa shape index (κ2) is 12.2. The van der Waals surface area contributed by atoms with Gasteiger partial charge in [-0.1, -0.05) is 36.0 Å². The number of alkyl halides is 5. The highest BCUT2D eigenvalue weighted by Gasteiger charge is 2.58. The Hall–Kier alpha value is -4.79. The van der Waals surface area contributed by atoms with Crippen molar-refractivity contribution in [2.75, 3.05) is 16.0 Å². The summed E-state index contributed by atoms with van der Waals surface area (Å²) in [7, 11) is 0. The fourth-order valence-corrected chi connectivity index (χ4v) is 5.82. The standard InChI is InChI=1S/C31H25F5N6O3S/c1-18-2-12-23(24-15-30(24,32)33)25(14-18)42-27(43)16-46-29(42)39-28(44)38-20-6-3-19(4-7-20)5-13-26-37-17-41(40-26)21-8-10-22(11-9-21)45-31(34,35)36/h2-4,6-12,14,17,24H,5,13,15-16H2,1H3,(H,38,44)/b39-29-. The number of ether oxygens (including phenoxy) is 1. The number of aliphatic imine (C=N–C) groups is 1. The first-order valence-corrected chi connectivity index (χ1v) is 15.0. The third-order valence-corrected chi connectivity index (χ3v) is 8.23. The number of benzene rings is 3. The maximum Gasteiger partial charge on any atom is 0.573 e. The van der Waals surface area contributed by atoms with E-state index in [4.69, 9.17) is 0 Å². The number of hydrogen-bond donors (Lipinski definition) is 1. The van der Waals surface area contributed by atoms with E-state index in [1.807, 2.05) is 12.1 Å². The summed E-state index contributed by atoms with van der Waals surface area (Å²) in [5.74, 6) is -3.93. The second-order valence-corrected chi connectivity index (χ2v) is 11.7. The van der Waals surface area contributed by atoms with E-state index in [0.29, 0.717) is 41.3 Å². The topological polar surface area (TPSA) is 102 Å². The van der Waals surface area contributed by atoms with Crippen molar-refractivity contribution in [3.05, 3.63) is 95.6 Å². The molecule has 1 aliphatic carbocycles. The smallest absolute Gasteiger partial charge is 0.406 e. The van der Waals surface area contributed by atoms with E-state index in [2.05, 4.69) is 25.1 Å². The lowest BCUT2D eigenvalue weighted by molar-refractivity contribution is -0.274. The molecule has 9 nitrogen and oxygen atoms in total. The molecule has 1 saturated carbocycles. The van der Waals surface area contributed by atoms with Gasteiger partial charge in [-0.25, -0.2) is 23.2 Å². The number of carbonyl (C=O) groups excluding carboxylic acids is 2. The first-order valence-electron chi connectivity index (χ1n) is 14.0. The van der Waals surface area contributed by atoms with Crippen molar-refractivity contribution in [2.24, 2.45) is 4.99 Å². The Labute approximate surface area is 263 Å². The fraction of sp³-hybridized carbons (Fsp3) is 0.258. The highest BCUT2D eigenvalue weighted by atomic mass is 32.2. The number of aryl methyl sites for hydroxylation is 3. The van der Waals surface area contributed by atoms with Gasteiger partial charge in [0.05, 0.1) is 23.0 Å². The van der Waals surface area contributed by atoms with Crippen molar-refractivity contribution in [3.63, 3.8) is 0 Å². The van der Waals surface area contributed by atoms with Crippen LogP contribution in [0.15, 0.2) is 78.0 Å². The molecule has 3 aromatic carbocycles. The molecule has 1 saturated heterocycles. The highest BCUT2D eigenvalue weighted by Crippen LogP contribution is 2.58. The number of aromatic nitrogens is 3. The van der Waals surface area contributed by atoms with E-state index < -0.39 is 24.2 Å². The number of thioether (sulfide) groups is 1. The molecule has 1 N–H and O–H groups in total. The molecule has 4 aromatic rings. The zero-order valence-corrected chi connectivity index (χ0v) is 24.9. The first kappa shape index (κ1) is 31.2. The van der Waals surface area contributed by atoms with Crippen LogP contribution in [0.25, 0.3) is 5.69 Å². The lowest BCUT2D eigenvalue weighted by Crippen LogP contribution is -2.31. The summed E-state index contributed by atoms with van der Waals surface area (Å²) >= 11 is 1.07. The maximum atomic E-state index is 13.9. The molecule has 6 rings (SSSR count). The molecule has 0 bridgehead atoms. The van der Waals surface area contributed by atoms with Crippen LogP contribution in [-0.4, -0.2) is 49.9 Å². The number of amidine groups is 1. The summed E-state index contributed by atoms with van der Waals surface area (Å²) in [5.41, 5.74) is 3.37. The molecule has 1 unspecified atom stereocenters. The molecule has 0 radical (unpaired) electrons. The average molecular weight is 657 g/mol. The quantitative estimate of drug-likeness (QED) is 0.204. The van der Waals surface area contributed by atoms with Crippen molar-refractivity contribution in [1.82, 2.24) is 14.8 Å². The number of amides is 3. The Kier molecular flexibility index (Phi) is 8.27. The summed E-state index contributed by atoms with van der Waals surface area (Å²) < 4.78 is 70.3. The van der Waals surface area contributed by atoms with Crippen LogP contribution in [0.1, 0.15) is 34.9 Å². The number of anilines is 2. The molecule has 2 fully saturated rings. The van der Waals surface area contributed by atoms with Gasteiger partial charge in [-0.05, 0) is 72.5 Å². The van der Waals surface area contributed by atoms with Crippen molar-refractivity contribution in [1.29, 1.82) is 0 Å². The second-order valence-electron chi connectivity index (χ2n) is 10.8. The van der Waals surface area contributed by atoms with Gasteiger partial charge in [-0.2, -0.15) is 10.1 Å².